The van der Waals surface area contributed by atoms with E-state index in [1.807, 2.05) is 0 Å². The van der Waals surface area contributed by atoms with Crippen molar-refractivity contribution in [2.75, 3.05) is 19.8 Å². The highest BCUT2D eigenvalue weighted by molar-refractivity contribution is 5.83. The minimum atomic E-state index is -4.62. The Hall–Kier alpha value is -3.41. The summed E-state index contributed by atoms with van der Waals surface area (Å²) in [6.07, 6.45) is -4.62. The normalized spacial score (nSPS) is 12.5. The van der Waals surface area contributed by atoms with E-state index in [1.165, 1.54) is 12.1 Å². The lowest BCUT2D eigenvalue weighted by atomic mass is 10.00. The third-order valence-electron chi connectivity index (χ3n) is 5.09. The van der Waals surface area contributed by atoms with Gasteiger partial charge in [-0.2, -0.15) is 18.2 Å². The Morgan fingerprint density at radius 1 is 1.03 bits per heavy atom. The molecule has 0 fully saturated rings. The van der Waals surface area contributed by atoms with Crippen LogP contribution < -0.4 is 10.5 Å². The number of aromatic nitrogens is 2. The van der Waals surface area contributed by atoms with Gasteiger partial charge in [0.15, 0.2) is 0 Å². The van der Waals surface area contributed by atoms with Gasteiger partial charge in [0, 0.05) is 16.5 Å². The van der Waals surface area contributed by atoms with Gasteiger partial charge in [-0.3, -0.25) is 0 Å². The molecular weight excluding hydrogens is 443 g/mol. The SMILES string of the molecule is CCOc1ccc(-c2nc(-c3ccc4oc(C(N)(CO)CO)cc4c3)no2)cc1C(F)(F)F. The van der Waals surface area contributed by atoms with Crippen LogP contribution in [-0.2, 0) is 11.7 Å². The van der Waals surface area contributed by atoms with Crippen LogP contribution in [0.3, 0.4) is 0 Å². The fourth-order valence-electron chi connectivity index (χ4n) is 3.26. The highest BCUT2D eigenvalue weighted by Crippen LogP contribution is 2.39. The predicted octanol–water partition coefficient (Wildman–Crippen LogP) is 3.71. The molecule has 4 rings (SSSR count). The van der Waals surface area contributed by atoms with Gasteiger partial charge in [-0.05, 0) is 49.4 Å². The van der Waals surface area contributed by atoms with Crippen molar-refractivity contribution in [3.63, 3.8) is 0 Å². The summed E-state index contributed by atoms with van der Waals surface area (Å²) in [4.78, 5) is 4.22. The quantitative estimate of drug-likeness (QED) is 0.379. The molecule has 0 aliphatic rings. The van der Waals surface area contributed by atoms with Crippen LogP contribution in [0, 0.1) is 0 Å². The van der Waals surface area contributed by atoms with Crippen molar-refractivity contribution in [2.45, 2.75) is 18.6 Å². The molecule has 0 atom stereocenters. The van der Waals surface area contributed by atoms with Gasteiger partial charge in [0.05, 0.1) is 25.4 Å². The number of hydrogen-bond acceptors (Lipinski definition) is 8. The number of aliphatic hydroxyl groups excluding tert-OH is 2. The summed E-state index contributed by atoms with van der Waals surface area (Å²) in [6, 6.07) is 10.0. The van der Waals surface area contributed by atoms with Crippen LogP contribution in [0.25, 0.3) is 33.8 Å². The monoisotopic (exact) mass is 463 g/mol. The lowest BCUT2D eigenvalue weighted by molar-refractivity contribution is -0.138. The average molecular weight is 463 g/mol. The number of ether oxygens (including phenoxy) is 1. The second-order valence-electron chi connectivity index (χ2n) is 7.40. The molecule has 8 nitrogen and oxygen atoms in total. The molecule has 0 unspecified atom stereocenters. The number of nitrogens with zero attached hydrogens (tertiary/aromatic N) is 2. The molecule has 11 heteroatoms. The van der Waals surface area contributed by atoms with Gasteiger partial charge in [-0.1, -0.05) is 5.16 Å². The highest BCUT2D eigenvalue weighted by atomic mass is 19.4. The van der Waals surface area contributed by atoms with E-state index in [4.69, 9.17) is 19.4 Å². The summed E-state index contributed by atoms with van der Waals surface area (Å²) in [5.74, 6) is -0.0209. The molecule has 4 N–H and O–H groups in total. The Kier molecular flexibility index (Phi) is 5.87. The summed E-state index contributed by atoms with van der Waals surface area (Å²) in [7, 11) is 0. The zero-order chi connectivity index (χ0) is 23.8. The first kappa shape index (κ1) is 22.8. The van der Waals surface area contributed by atoms with E-state index >= 15 is 0 Å². The van der Waals surface area contributed by atoms with E-state index in [9.17, 15) is 23.4 Å². The second-order valence-corrected chi connectivity index (χ2v) is 7.40. The Balaban J connectivity index is 1.69. The standard InChI is InChI=1S/C22H20F3N3O5/c1-2-31-17-6-4-13(8-15(17)22(23,24)25)20-27-19(28-33-20)12-3-5-16-14(7-12)9-18(32-16)21(26,10-29)11-30/h3-9,29-30H,2,10-11,26H2,1H3. The van der Waals surface area contributed by atoms with E-state index in [1.54, 1.807) is 31.2 Å². The highest BCUT2D eigenvalue weighted by Gasteiger charge is 2.35. The van der Waals surface area contributed by atoms with Crippen LogP contribution in [0.1, 0.15) is 18.2 Å². The van der Waals surface area contributed by atoms with E-state index in [-0.39, 0.29) is 35.4 Å². The Morgan fingerprint density at radius 2 is 1.76 bits per heavy atom. The number of furan rings is 1. The summed E-state index contributed by atoms with van der Waals surface area (Å²) in [5, 5.41) is 23.4. The molecule has 0 bridgehead atoms. The molecule has 0 radical (unpaired) electrons. The number of alkyl halides is 3. The third-order valence-corrected chi connectivity index (χ3v) is 5.09. The number of rotatable bonds is 7. The molecule has 0 saturated heterocycles. The fourth-order valence-corrected chi connectivity index (χ4v) is 3.26. The Morgan fingerprint density at radius 3 is 2.42 bits per heavy atom. The zero-order valence-corrected chi connectivity index (χ0v) is 17.4. The maximum absolute atomic E-state index is 13.4. The van der Waals surface area contributed by atoms with Crippen molar-refractivity contribution in [1.29, 1.82) is 0 Å². The molecule has 2 heterocycles. The predicted molar refractivity (Wildman–Crippen MR) is 111 cm³/mol. The van der Waals surface area contributed by atoms with Crippen LogP contribution in [0.5, 0.6) is 5.75 Å². The summed E-state index contributed by atoms with van der Waals surface area (Å²) < 4.78 is 56.2. The molecule has 33 heavy (non-hydrogen) atoms. The molecule has 0 saturated carbocycles. The van der Waals surface area contributed by atoms with Gasteiger partial charge in [0.1, 0.15) is 22.6 Å². The summed E-state index contributed by atoms with van der Waals surface area (Å²) >= 11 is 0. The number of halogens is 3. The van der Waals surface area contributed by atoms with Crippen molar-refractivity contribution in [3.05, 3.63) is 53.8 Å². The molecule has 0 aliphatic heterocycles. The number of fused-ring (bicyclic) bond motifs is 1. The van der Waals surface area contributed by atoms with Crippen molar-refractivity contribution in [2.24, 2.45) is 5.73 Å². The minimum Gasteiger partial charge on any atom is -0.493 e. The zero-order valence-electron chi connectivity index (χ0n) is 17.4. The number of nitrogens with two attached hydrogens (primary N) is 1. The number of benzene rings is 2. The van der Waals surface area contributed by atoms with Crippen LogP contribution in [0.2, 0.25) is 0 Å². The van der Waals surface area contributed by atoms with Gasteiger partial charge >= 0.3 is 6.18 Å². The molecular formula is C22H20F3N3O5. The molecule has 0 amide bonds. The lowest BCUT2D eigenvalue weighted by Crippen LogP contribution is -2.43. The van der Waals surface area contributed by atoms with Crippen LogP contribution in [0.4, 0.5) is 13.2 Å². The smallest absolute Gasteiger partial charge is 0.419 e. The number of hydrogen-bond donors (Lipinski definition) is 3. The van der Waals surface area contributed by atoms with Gasteiger partial charge in [-0.25, -0.2) is 0 Å². The van der Waals surface area contributed by atoms with Crippen molar-refractivity contribution in [3.8, 4) is 28.6 Å². The van der Waals surface area contributed by atoms with Gasteiger partial charge in [0.2, 0.25) is 5.82 Å². The second kappa shape index (κ2) is 8.50. The molecule has 2 aromatic carbocycles. The van der Waals surface area contributed by atoms with Crippen molar-refractivity contribution in [1.82, 2.24) is 10.1 Å². The molecule has 2 aromatic heterocycles. The topological polar surface area (TPSA) is 128 Å². The van der Waals surface area contributed by atoms with Crippen LogP contribution in [0.15, 0.2) is 51.4 Å². The third kappa shape index (κ3) is 4.30. The van der Waals surface area contributed by atoms with Gasteiger partial charge in [-0.15, -0.1) is 0 Å². The van der Waals surface area contributed by atoms with E-state index in [0.29, 0.717) is 16.5 Å². The minimum absolute atomic E-state index is 0.0898. The maximum Gasteiger partial charge on any atom is 0.419 e. The maximum atomic E-state index is 13.4. The van der Waals surface area contributed by atoms with Gasteiger partial charge < -0.3 is 29.6 Å². The van der Waals surface area contributed by atoms with Crippen LogP contribution >= 0.6 is 0 Å². The average Bonchev–Trinajstić information content (AvgIpc) is 3.45. The van der Waals surface area contributed by atoms with Crippen LogP contribution in [-0.4, -0.2) is 40.2 Å². The number of aliphatic hydroxyl groups is 2. The van der Waals surface area contributed by atoms with E-state index in [0.717, 1.165) is 6.07 Å². The summed E-state index contributed by atoms with van der Waals surface area (Å²) in [5.41, 5.74) is 4.63. The van der Waals surface area contributed by atoms with Crippen molar-refractivity contribution < 1.29 is 37.1 Å². The first-order chi connectivity index (χ1) is 15.7. The lowest BCUT2D eigenvalue weighted by Gasteiger charge is -2.21. The van der Waals surface area contributed by atoms with Crippen molar-refractivity contribution >= 4 is 11.0 Å². The first-order valence-corrected chi connectivity index (χ1v) is 9.91. The Bertz CT molecular complexity index is 1280. The molecule has 174 valence electrons. The summed E-state index contributed by atoms with van der Waals surface area (Å²) in [6.45, 7) is 0.644. The first-order valence-electron chi connectivity index (χ1n) is 9.91. The fraction of sp³-hybridized carbons (Fsp3) is 0.273. The van der Waals surface area contributed by atoms with Gasteiger partial charge in [0.25, 0.3) is 5.89 Å². The largest absolute Gasteiger partial charge is 0.493 e. The molecule has 0 aliphatic carbocycles. The molecule has 4 aromatic rings. The molecule has 0 spiro atoms. The van der Waals surface area contributed by atoms with E-state index in [2.05, 4.69) is 10.1 Å². The Labute approximate surface area is 185 Å². The van der Waals surface area contributed by atoms with E-state index < -0.39 is 30.5 Å².